The van der Waals surface area contributed by atoms with Crippen molar-refractivity contribution < 1.29 is 13.9 Å². The highest BCUT2D eigenvalue weighted by Crippen LogP contribution is 2.23. The minimum absolute atomic E-state index is 0.136. The van der Waals surface area contributed by atoms with E-state index in [0.717, 1.165) is 56.0 Å². The maximum atomic E-state index is 14.2. The van der Waals surface area contributed by atoms with Crippen LogP contribution in [0.4, 0.5) is 4.39 Å². The average molecular weight is 456 g/mol. The molecule has 8 nitrogen and oxygen atoms in total. The zero-order valence-corrected chi connectivity index (χ0v) is 19.1. The van der Waals surface area contributed by atoms with E-state index in [9.17, 15) is 14.0 Å². The Morgan fingerprint density at radius 1 is 1.18 bits per heavy atom. The molecule has 2 aromatic heterocycles. The number of amides is 1. The fourth-order valence-corrected chi connectivity index (χ4v) is 4.34. The van der Waals surface area contributed by atoms with Crippen molar-refractivity contribution in [3.05, 3.63) is 63.6 Å². The first-order chi connectivity index (χ1) is 16.0. The minimum Gasteiger partial charge on any atom is -0.379 e. The number of nitrogens with zero attached hydrogens (tertiary/aromatic N) is 4. The normalized spacial score (nSPS) is 14.6. The molecule has 1 N–H and O–H groups in total. The first-order valence-corrected chi connectivity index (χ1v) is 11.3. The van der Waals surface area contributed by atoms with Gasteiger partial charge in [-0.15, -0.1) is 0 Å². The topological polar surface area (TPSA) is 81.4 Å². The van der Waals surface area contributed by atoms with E-state index in [2.05, 4.69) is 15.3 Å². The van der Waals surface area contributed by atoms with E-state index < -0.39 is 0 Å². The third-order valence-corrected chi connectivity index (χ3v) is 6.26. The van der Waals surface area contributed by atoms with Crippen molar-refractivity contribution in [3.8, 4) is 0 Å². The summed E-state index contributed by atoms with van der Waals surface area (Å²) in [5.41, 5.74) is 1.81. The van der Waals surface area contributed by atoms with Crippen molar-refractivity contribution in [2.24, 2.45) is 0 Å². The lowest BCUT2D eigenvalue weighted by molar-refractivity contribution is -0.121. The molecule has 0 unspecified atom stereocenters. The van der Waals surface area contributed by atoms with Gasteiger partial charge in [-0.1, -0.05) is 18.2 Å². The number of hydrogen-bond donors (Lipinski definition) is 1. The van der Waals surface area contributed by atoms with Gasteiger partial charge < -0.3 is 14.6 Å². The predicted molar refractivity (Wildman–Crippen MR) is 124 cm³/mol. The van der Waals surface area contributed by atoms with Crippen molar-refractivity contribution in [1.29, 1.82) is 0 Å². The van der Waals surface area contributed by atoms with E-state index in [1.807, 2.05) is 18.4 Å². The zero-order chi connectivity index (χ0) is 23.4. The molecule has 0 aliphatic carbocycles. The van der Waals surface area contributed by atoms with Gasteiger partial charge in [0.1, 0.15) is 12.4 Å². The van der Waals surface area contributed by atoms with Crippen LogP contribution in [0.25, 0.3) is 10.8 Å². The summed E-state index contributed by atoms with van der Waals surface area (Å²) in [7, 11) is 0. The summed E-state index contributed by atoms with van der Waals surface area (Å²) in [5, 5.41) is 8.33. The number of hydrogen-bond acceptors (Lipinski definition) is 5. The lowest BCUT2D eigenvalue weighted by Crippen LogP contribution is -2.39. The maximum absolute atomic E-state index is 14.2. The Labute approximate surface area is 191 Å². The standard InChI is InChI=1S/C24H30FN5O3/c1-17-20-14-27-30(16-22(31)26-8-5-9-28-10-12-33-13-11-28)24(32)23(20)18(2)29(17)15-19-6-3-4-7-21(19)25/h3-4,6-7,14H,5,8-13,15-16H2,1-2H3,(H,26,31). The summed E-state index contributed by atoms with van der Waals surface area (Å²) in [6.07, 6.45) is 2.45. The van der Waals surface area contributed by atoms with Crippen LogP contribution in [0.1, 0.15) is 23.4 Å². The van der Waals surface area contributed by atoms with Gasteiger partial charge in [-0.2, -0.15) is 5.10 Å². The molecule has 9 heteroatoms. The smallest absolute Gasteiger partial charge is 0.276 e. The van der Waals surface area contributed by atoms with Crippen LogP contribution in [0, 0.1) is 19.7 Å². The minimum atomic E-state index is -0.316. The molecule has 1 aliphatic rings. The molecule has 176 valence electrons. The number of ether oxygens (including phenoxy) is 1. The number of benzene rings is 1. The predicted octanol–water partition coefficient (Wildman–Crippen LogP) is 1.84. The lowest BCUT2D eigenvalue weighted by atomic mass is 10.2. The van der Waals surface area contributed by atoms with Crippen LogP contribution < -0.4 is 10.9 Å². The monoisotopic (exact) mass is 455 g/mol. The van der Waals surface area contributed by atoms with Crippen LogP contribution in [0.2, 0.25) is 0 Å². The van der Waals surface area contributed by atoms with Gasteiger partial charge >= 0.3 is 0 Å². The molecule has 33 heavy (non-hydrogen) atoms. The molecule has 1 fully saturated rings. The van der Waals surface area contributed by atoms with E-state index >= 15 is 0 Å². The number of fused-ring (bicyclic) bond motifs is 1. The van der Waals surface area contributed by atoms with Crippen LogP contribution in [-0.2, 0) is 22.6 Å². The largest absolute Gasteiger partial charge is 0.379 e. The van der Waals surface area contributed by atoms with Gasteiger partial charge in [-0.3, -0.25) is 14.5 Å². The number of halogens is 1. The average Bonchev–Trinajstić information content (AvgIpc) is 3.06. The molecule has 3 heterocycles. The zero-order valence-electron chi connectivity index (χ0n) is 19.1. The molecule has 1 aromatic carbocycles. The summed E-state index contributed by atoms with van der Waals surface area (Å²) in [4.78, 5) is 27.8. The van der Waals surface area contributed by atoms with E-state index in [4.69, 9.17) is 4.74 Å². The molecule has 0 radical (unpaired) electrons. The second-order valence-electron chi connectivity index (χ2n) is 8.40. The van der Waals surface area contributed by atoms with Gasteiger partial charge in [0, 0.05) is 42.0 Å². The van der Waals surface area contributed by atoms with Crippen molar-refractivity contribution in [2.75, 3.05) is 39.4 Å². The van der Waals surface area contributed by atoms with Gasteiger partial charge in [-0.05, 0) is 32.9 Å². The second-order valence-corrected chi connectivity index (χ2v) is 8.40. The Morgan fingerprint density at radius 3 is 2.70 bits per heavy atom. The van der Waals surface area contributed by atoms with Crippen molar-refractivity contribution in [2.45, 2.75) is 33.4 Å². The first kappa shape index (κ1) is 23.1. The quantitative estimate of drug-likeness (QED) is 0.525. The number of carbonyl (C=O) groups excluding carboxylic acids is 1. The molecule has 1 amide bonds. The molecule has 0 saturated carbocycles. The summed E-state index contributed by atoms with van der Waals surface area (Å²) >= 11 is 0. The van der Waals surface area contributed by atoms with Crippen LogP contribution in [0.15, 0.2) is 35.3 Å². The number of rotatable bonds is 8. The lowest BCUT2D eigenvalue weighted by Gasteiger charge is -2.26. The van der Waals surface area contributed by atoms with Gasteiger partial charge in [0.05, 0.1) is 31.3 Å². The highest BCUT2D eigenvalue weighted by atomic mass is 19.1. The first-order valence-electron chi connectivity index (χ1n) is 11.3. The summed E-state index contributed by atoms with van der Waals surface area (Å²) < 4.78 is 22.6. The fraction of sp³-hybridized carbons (Fsp3) is 0.458. The SMILES string of the molecule is Cc1c2cnn(CC(=O)NCCCN3CCOCC3)c(=O)c2c(C)n1Cc1ccccc1F. The summed E-state index contributed by atoms with van der Waals surface area (Å²) in [5.74, 6) is -0.527. The molecular formula is C24H30FN5O3. The van der Waals surface area contributed by atoms with Gasteiger partial charge in [0.25, 0.3) is 5.56 Å². The molecule has 0 spiro atoms. The van der Waals surface area contributed by atoms with E-state index in [-0.39, 0.29) is 23.8 Å². The van der Waals surface area contributed by atoms with Crippen LogP contribution in [0.3, 0.4) is 0 Å². The Morgan fingerprint density at radius 2 is 1.94 bits per heavy atom. The third kappa shape index (κ3) is 5.15. The van der Waals surface area contributed by atoms with Crippen molar-refractivity contribution >= 4 is 16.7 Å². The third-order valence-electron chi connectivity index (χ3n) is 6.26. The van der Waals surface area contributed by atoms with Crippen LogP contribution >= 0.6 is 0 Å². The second kappa shape index (κ2) is 10.3. The highest BCUT2D eigenvalue weighted by molar-refractivity contribution is 5.87. The number of morpholine rings is 1. The van der Waals surface area contributed by atoms with Crippen molar-refractivity contribution in [3.63, 3.8) is 0 Å². The van der Waals surface area contributed by atoms with Crippen molar-refractivity contribution in [1.82, 2.24) is 24.6 Å². The van der Waals surface area contributed by atoms with E-state index in [0.29, 0.717) is 24.0 Å². The molecule has 1 saturated heterocycles. The fourth-order valence-electron chi connectivity index (χ4n) is 4.34. The Hall–Kier alpha value is -3.04. The van der Waals surface area contributed by atoms with Crippen LogP contribution in [0.5, 0.6) is 0 Å². The molecule has 3 aromatic rings. The number of nitrogens with one attached hydrogen (secondary N) is 1. The maximum Gasteiger partial charge on any atom is 0.276 e. The number of carbonyl (C=O) groups is 1. The molecular weight excluding hydrogens is 425 g/mol. The van der Waals surface area contributed by atoms with Gasteiger partial charge in [0.15, 0.2) is 0 Å². The Kier molecular flexibility index (Phi) is 7.20. The van der Waals surface area contributed by atoms with E-state index in [1.165, 1.54) is 10.7 Å². The molecule has 4 rings (SSSR count). The van der Waals surface area contributed by atoms with Gasteiger partial charge in [0.2, 0.25) is 5.91 Å². The molecule has 0 atom stereocenters. The van der Waals surface area contributed by atoms with E-state index in [1.54, 1.807) is 24.4 Å². The number of aryl methyl sites for hydroxylation is 2. The summed E-state index contributed by atoms with van der Waals surface area (Å²) in [6.45, 7) is 8.72. The molecule has 0 bridgehead atoms. The Bertz CT molecular complexity index is 1200. The summed E-state index contributed by atoms with van der Waals surface area (Å²) in [6, 6.07) is 6.61. The Balaban J connectivity index is 1.44. The highest BCUT2D eigenvalue weighted by Gasteiger charge is 2.18. The van der Waals surface area contributed by atoms with Gasteiger partial charge in [-0.25, -0.2) is 9.07 Å². The van der Waals surface area contributed by atoms with Crippen LogP contribution in [-0.4, -0.2) is 64.5 Å². The molecule has 1 aliphatic heterocycles. The number of aromatic nitrogens is 3.